The maximum absolute atomic E-state index is 12.9. The maximum atomic E-state index is 12.9. The first-order chi connectivity index (χ1) is 14.9. The molecule has 1 aromatic carbocycles. The minimum absolute atomic E-state index is 0.0862. The van der Waals surface area contributed by atoms with Crippen molar-refractivity contribution in [3.05, 3.63) is 95.1 Å². The number of aromatic nitrogens is 2. The second kappa shape index (κ2) is 8.85. The van der Waals surface area contributed by atoms with Crippen LogP contribution in [0.3, 0.4) is 0 Å². The van der Waals surface area contributed by atoms with E-state index in [1.807, 2.05) is 6.07 Å². The van der Waals surface area contributed by atoms with E-state index in [-0.39, 0.29) is 12.0 Å². The largest absolute Gasteiger partial charge is 0.416 e. The van der Waals surface area contributed by atoms with Gasteiger partial charge in [0.1, 0.15) is 6.10 Å². The van der Waals surface area contributed by atoms with Gasteiger partial charge in [0.05, 0.1) is 24.4 Å². The van der Waals surface area contributed by atoms with Gasteiger partial charge in [0.2, 0.25) is 0 Å². The van der Waals surface area contributed by atoms with Gasteiger partial charge in [-0.15, -0.1) is 0 Å². The highest BCUT2D eigenvalue weighted by Gasteiger charge is 2.30. The molecule has 1 atom stereocenters. The Morgan fingerprint density at radius 3 is 2.61 bits per heavy atom. The van der Waals surface area contributed by atoms with Gasteiger partial charge in [0.25, 0.3) is 5.91 Å². The zero-order chi connectivity index (χ0) is 21.8. The molecule has 8 heteroatoms. The Bertz CT molecular complexity index is 1040. The predicted octanol–water partition coefficient (Wildman–Crippen LogP) is 4.30. The number of hydrogen-bond acceptors (Lipinski definition) is 4. The Labute approximate surface area is 177 Å². The fraction of sp³-hybridized carbons (Fsp3) is 0.261. The smallest absolute Gasteiger partial charge is 0.368 e. The maximum Gasteiger partial charge on any atom is 0.416 e. The number of rotatable bonds is 4. The summed E-state index contributed by atoms with van der Waals surface area (Å²) in [6.07, 6.45) is 0.418. The van der Waals surface area contributed by atoms with Crippen LogP contribution in [0.25, 0.3) is 0 Å². The number of benzene rings is 1. The number of amides is 1. The summed E-state index contributed by atoms with van der Waals surface area (Å²) in [6.45, 7) is 1.27. The highest BCUT2D eigenvalue weighted by atomic mass is 19.4. The van der Waals surface area contributed by atoms with Gasteiger partial charge in [-0.2, -0.15) is 13.2 Å². The Morgan fingerprint density at radius 2 is 1.90 bits per heavy atom. The van der Waals surface area contributed by atoms with Crippen LogP contribution in [-0.4, -0.2) is 40.5 Å². The van der Waals surface area contributed by atoms with Crippen molar-refractivity contribution < 1.29 is 22.7 Å². The third-order valence-corrected chi connectivity index (χ3v) is 5.12. The molecule has 0 aliphatic carbocycles. The quantitative estimate of drug-likeness (QED) is 0.623. The summed E-state index contributed by atoms with van der Waals surface area (Å²) in [5.74, 6) is -0.0862. The number of carbonyl (C=O) groups is 1. The van der Waals surface area contributed by atoms with Gasteiger partial charge in [-0.05, 0) is 41.8 Å². The van der Waals surface area contributed by atoms with Crippen LogP contribution in [0.1, 0.15) is 38.8 Å². The minimum atomic E-state index is -4.37. The van der Waals surface area contributed by atoms with Crippen molar-refractivity contribution >= 4 is 5.91 Å². The summed E-state index contributed by atoms with van der Waals surface area (Å²) in [5.41, 5.74) is 1.94. The predicted molar refractivity (Wildman–Crippen MR) is 107 cm³/mol. The topological polar surface area (TPSA) is 55.3 Å². The lowest BCUT2D eigenvalue weighted by Crippen LogP contribution is -2.42. The van der Waals surface area contributed by atoms with Gasteiger partial charge in [-0.3, -0.25) is 14.8 Å². The van der Waals surface area contributed by atoms with E-state index in [2.05, 4.69) is 9.97 Å². The summed E-state index contributed by atoms with van der Waals surface area (Å²) in [4.78, 5) is 22.8. The van der Waals surface area contributed by atoms with Crippen molar-refractivity contribution in [1.29, 1.82) is 0 Å². The number of carbonyl (C=O) groups excluding carboxylic acids is 1. The molecule has 160 valence electrons. The number of hydrogen-bond donors (Lipinski definition) is 0. The van der Waals surface area contributed by atoms with Crippen LogP contribution in [0.15, 0.2) is 67.1 Å². The Hall–Kier alpha value is -3.26. The van der Waals surface area contributed by atoms with Crippen LogP contribution < -0.4 is 0 Å². The molecule has 1 aliphatic rings. The van der Waals surface area contributed by atoms with E-state index in [0.29, 0.717) is 42.9 Å². The van der Waals surface area contributed by atoms with E-state index >= 15 is 0 Å². The Balaban J connectivity index is 1.43. The van der Waals surface area contributed by atoms with Crippen LogP contribution in [0.5, 0.6) is 0 Å². The number of ether oxygens (including phenoxy) is 1. The lowest BCUT2D eigenvalue weighted by atomic mass is 10.0. The van der Waals surface area contributed by atoms with Crippen molar-refractivity contribution in [2.45, 2.75) is 18.7 Å². The second-order valence-corrected chi connectivity index (χ2v) is 7.31. The molecule has 1 saturated heterocycles. The molecule has 31 heavy (non-hydrogen) atoms. The molecule has 1 amide bonds. The molecule has 5 nitrogen and oxygen atoms in total. The third kappa shape index (κ3) is 5.08. The SMILES string of the molecule is O=C(c1ccncc1)N1CCO[C@@H](c2ccc(Cc3cccc(C(F)(F)F)c3)cn2)C1. The molecule has 0 spiro atoms. The van der Waals surface area contributed by atoms with E-state index < -0.39 is 11.7 Å². The fourth-order valence-electron chi connectivity index (χ4n) is 3.51. The van der Waals surface area contributed by atoms with Crippen molar-refractivity contribution in [3.63, 3.8) is 0 Å². The highest BCUT2D eigenvalue weighted by Crippen LogP contribution is 2.30. The molecule has 0 saturated carbocycles. The van der Waals surface area contributed by atoms with Crippen molar-refractivity contribution in [2.24, 2.45) is 0 Å². The van der Waals surface area contributed by atoms with Crippen LogP contribution in [0, 0.1) is 0 Å². The number of morpholine rings is 1. The highest BCUT2D eigenvalue weighted by molar-refractivity contribution is 5.94. The molecule has 3 aromatic rings. The summed E-state index contributed by atoms with van der Waals surface area (Å²) in [7, 11) is 0. The lowest BCUT2D eigenvalue weighted by Gasteiger charge is -2.32. The molecule has 3 heterocycles. The Kier molecular flexibility index (Phi) is 5.99. The second-order valence-electron chi connectivity index (χ2n) is 7.31. The summed E-state index contributed by atoms with van der Waals surface area (Å²) >= 11 is 0. The van der Waals surface area contributed by atoms with Crippen molar-refractivity contribution in [2.75, 3.05) is 19.7 Å². The van der Waals surface area contributed by atoms with Crippen molar-refractivity contribution in [1.82, 2.24) is 14.9 Å². The summed E-state index contributed by atoms with van der Waals surface area (Å²) in [5, 5.41) is 0. The lowest BCUT2D eigenvalue weighted by molar-refractivity contribution is -0.137. The van der Waals surface area contributed by atoms with Crippen LogP contribution in [-0.2, 0) is 17.3 Å². The zero-order valence-electron chi connectivity index (χ0n) is 16.5. The van der Waals surface area contributed by atoms with Gasteiger partial charge in [-0.1, -0.05) is 24.3 Å². The van der Waals surface area contributed by atoms with E-state index in [1.54, 1.807) is 47.8 Å². The first-order valence-corrected chi connectivity index (χ1v) is 9.82. The van der Waals surface area contributed by atoms with Gasteiger partial charge < -0.3 is 9.64 Å². The van der Waals surface area contributed by atoms with Gasteiger partial charge >= 0.3 is 6.18 Å². The molecule has 2 aromatic heterocycles. The average Bonchev–Trinajstić information content (AvgIpc) is 2.79. The third-order valence-electron chi connectivity index (χ3n) is 5.12. The van der Waals surface area contributed by atoms with E-state index in [4.69, 9.17) is 4.74 Å². The first-order valence-electron chi connectivity index (χ1n) is 9.82. The number of alkyl halides is 3. The molecule has 0 radical (unpaired) electrons. The molecule has 0 N–H and O–H groups in total. The first kappa shape index (κ1) is 21.0. The van der Waals surface area contributed by atoms with Crippen molar-refractivity contribution in [3.8, 4) is 0 Å². The van der Waals surface area contributed by atoms with E-state index in [9.17, 15) is 18.0 Å². The van der Waals surface area contributed by atoms with Gasteiger partial charge in [0.15, 0.2) is 0 Å². The standard InChI is InChI=1S/C23H20F3N3O2/c24-23(25,26)19-3-1-2-16(13-19)12-17-4-5-20(28-14-17)21-15-29(10-11-31-21)22(30)18-6-8-27-9-7-18/h1-9,13-14,21H,10-12,15H2/t21-/m1/s1. The van der Waals surface area contributed by atoms with Crippen LogP contribution >= 0.6 is 0 Å². The Morgan fingerprint density at radius 1 is 1.10 bits per heavy atom. The minimum Gasteiger partial charge on any atom is -0.368 e. The van der Waals surface area contributed by atoms with E-state index in [1.165, 1.54) is 6.07 Å². The monoisotopic (exact) mass is 427 g/mol. The fourth-order valence-corrected chi connectivity index (χ4v) is 3.51. The van der Waals surface area contributed by atoms with Gasteiger partial charge in [-0.25, -0.2) is 0 Å². The van der Waals surface area contributed by atoms with E-state index in [0.717, 1.165) is 17.7 Å². The normalized spacial score (nSPS) is 16.9. The molecular formula is C23H20F3N3O2. The molecule has 0 bridgehead atoms. The molecule has 1 aliphatic heterocycles. The average molecular weight is 427 g/mol. The van der Waals surface area contributed by atoms with Crippen LogP contribution in [0.4, 0.5) is 13.2 Å². The molecular weight excluding hydrogens is 407 g/mol. The molecule has 0 unspecified atom stereocenters. The summed E-state index contributed by atoms with van der Waals surface area (Å²) in [6, 6.07) is 12.3. The zero-order valence-corrected chi connectivity index (χ0v) is 16.5. The summed E-state index contributed by atoms with van der Waals surface area (Å²) < 4.78 is 44.5. The van der Waals surface area contributed by atoms with Gasteiger partial charge in [0, 0.05) is 30.7 Å². The number of nitrogens with zero attached hydrogens (tertiary/aromatic N) is 3. The number of pyridine rings is 2. The number of halogens is 3. The molecule has 4 rings (SSSR count). The molecule has 1 fully saturated rings. The van der Waals surface area contributed by atoms with Crippen LogP contribution in [0.2, 0.25) is 0 Å².